The molecule has 0 aromatic rings. The van der Waals surface area contributed by atoms with Crippen LogP contribution in [0.4, 0.5) is 0 Å². The van der Waals surface area contributed by atoms with Gasteiger partial charge in [-0.15, -0.1) is 0 Å². The van der Waals surface area contributed by atoms with Crippen LogP contribution in [0.5, 0.6) is 0 Å². The Bertz CT molecular complexity index is 175. The fourth-order valence-electron chi connectivity index (χ4n) is 1.39. The molecule has 4 nitrogen and oxygen atoms in total. The second kappa shape index (κ2) is 20.9. The van der Waals surface area contributed by atoms with Gasteiger partial charge >= 0.3 is 0 Å². The fourth-order valence-corrected chi connectivity index (χ4v) is 1.39. The topological polar surface area (TPSA) is 47.6 Å². The first-order valence-corrected chi connectivity index (χ1v) is 7.92. The van der Waals surface area contributed by atoms with E-state index >= 15 is 0 Å². The molecule has 0 saturated carbocycles. The summed E-state index contributed by atoms with van der Waals surface area (Å²) < 4.78 is 10.3. The summed E-state index contributed by atoms with van der Waals surface area (Å²) >= 11 is 0. The van der Waals surface area contributed by atoms with E-state index in [1.165, 1.54) is 12.8 Å². The average molecular weight is 289 g/mol. The molecule has 0 aliphatic rings. The Morgan fingerprint density at radius 1 is 1.05 bits per heavy atom. The first-order chi connectivity index (χ1) is 9.68. The fraction of sp³-hybridized carbons (Fsp3) is 0.938. The summed E-state index contributed by atoms with van der Waals surface area (Å²) in [4.78, 5) is 9.87. The van der Waals surface area contributed by atoms with Crippen LogP contribution in [-0.4, -0.2) is 46.3 Å². The van der Waals surface area contributed by atoms with Crippen molar-refractivity contribution in [3.63, 3.8) is 0 Å². The zero-order valence-electron chi connectivity index (χ0n) is 14.0. The van der Waals surface area contributed by atoms with Gasteiger partial charge in [0.15, 0.2) is 0 Å². The number of aldehydes is 1. The van der Waals surface area contributed by atoms with E-state index in [1.54, 1.807) is 0 Å². The summed E-state index contributed by atoms with van der Waals surface area (Å²) in [6.45, 7) is 10.4. The molecule has 0 radical (unpaired) electrons. The van der Waals surface area contributed by atoms with Crippen LogP contribution in [-0.2, 0) is 14.3 Å². The monoisotopic (exact) mass is 289 g/mol. The van der Waals surface area contributed by atoms with E-state index < -0.39 is 0 Å². The van der Waals surface area contributed by atoms with Crippen molar-refractivity contribution < 1.29 is 14.3 Å². The van der Waals surface area contributed by atoms with Crippen LogP contribution in [0.3, 0.4) is 0 Å². The molecular formula is C16H35NO3. The van der Waals surface area contributed by atoms with Crippen molar-refractivity contribution in [2.45, 2.75) is 52.9 Å². The Balaban J connectivity index is 0. The molecule has 0 amide bonds. The van der Waals surface area contributed by atoms with Crippen molar-refractivity contribution >= 4 is 6.29 Å². The van der Waals surface area contributed by atoms with Crippen LogP contribution in [0.15, 0.2) is 0 Å². The summed E-state index contributed by atoms with van der Waals surface area (Å²) in [7, 11) is 2.00. The maximum Gasteiger partial charge on any atom is 0.122 e. The number of rotatable bonds is 13. The predicted octanol–water partition coefficient (Wildman–Crippen LogP) is 3.05. The highest BCUT2D eigenvalue weighted by Gasteiger charge is 1.90. The molecule has 0 saturated heterocycles. The molecule has 0 aromatic heterocycles. The number of carbonyl (C=O) groups is 1. The Morgan fingerprint density at radius 2 is 1.70 bits per heavy atom. The maximum atomic E-state index is 9.87. The first-order valence-electron chi connectivity index (χ1n) is 7.92. The molecule has 0 atom stereocenters. The van der Waals surface area contributed by atoms with E-state index in [4.69, 9.17) is 9.47 Å². The highest BCUT2D eigenvalue weighted by atomic mass is 16.5. The van der Waals surface area contributed by atoms with Gasteiger partial charge in [-0.1, -0.05) is 27.2 Å². The van der Waals surface area contributed by atoms with E-state index in [1.807, 2.05) is 7.05 Å². The van der Waals surface area contributed by atoms with E-state index in [2.05, 4.69) is 26.1 Å². The Kier molecular flexibility index (Phi) is 22.8. The largest absolute Gasteiger partial charge is 0.379 e. The van der Waals surface area contributed by atoms with Gasteiger partial charge in [0.25, 0.3) is 0 Å². The van der Waals surface area contributed by atoms with Crippen molar-refractivity contribution in [3.8, 4) is 0 Å². The summed E-state index contributed by atoms with van der Waals surface area (Å²) in [5, 5.41) is 3.12. The third-order valence-electron chi connectivity index (χ3n) is 2.60. The lowest BCUT2D eigenvalue weighted by atomic mass is 10.1. The normalized spacial score (nSPS) is 10.2. The van der Waals surface area contributed by atoms with Crippen molar-refractivity contribution in [1.29, 1.82) is 0 Å². The standard InChI is InChI=1S/C9H18O3.C7H17N/c1-2-3-6-11-8-9-12-7-4-5-10;1-7(2)5-4-6-8-3/h5H,2-4,6-9H2,1H3;7-8H,4-6H2,1-3H3. The molecule has 0 unspecified atom stereocenters. The number of nitrogens with one attached hydrogen (secondary N) is 1. The van der Waals surface area contributed by atoms with Crippen molar-refractivity contribution in [2.75, 3.05) is 40.0 Å². The quantitative estimate of drug-likeness (QED) is 0.418. The van der Waals surface area contributed by atoms with Crippen LogP contribution < -0.4 is 5.32 Å². The van der Waals surface area contributed by atoms with E-state index in [0.29, 0.717) is 26.2 Å². The minimum atomic E-state index is 0.481. The van der Waals surface area contributed by atoms with Gasteiger partial charge in [-0.2, -0.15) is 0 Å². The number of hydrogen-bond donors (Lipinski definition) is 1. The molecule has 1 N–H and O–H groups in total. The molecule has 0 spiro atoms. The SMILES string of the molecule is CCCCOCCOCCC=O.CNCCCC(C)C. The molecule has 0 rings (SSSR count). The molecule has 0 aliphatic heterocycles. The smallest absolute Gasteiger partial charge is 0.122 e. The zero-order valence-corrected chi connectivity index (χ0v) is 14.0. The molecule has 0 fully saturated rings. The number of hydrogen-bond acceptors (Lipinski definition) is 4. The van der Waals surface area contributed by atoms with Crippen molar-refractivity contribution in [1.82, 2.24) is 5.32 Å². The van der Waals surface area contributed by atoms with Gasteiger partial charge in [-0.05, 0) is 38.8 Å². The highest BCUT2D eigenvalue weighted by Crippen LogP contribution is 2.00. The molecule has 0 heterocycles. The van der Waals surface area contributed by atoms with Gasteiger partial charge in [0.1, 0.15) is 6.29 Å². The Labute approximate surface area is 125 Å². The van der Waals surface area contributed by atoms with Crippen LogP contribution in [0.2, 0.25) is 0 Å². The molecule has 0 aliphatic carbocycles. The summed E-state index contributed by atoms with van der Waals surface area (Å²) in [5.41, 5.74) is 0. The second-order valence-electron chi connectivity index (χ2n) is 5.17. The van der Waals surface area contributed by atoms with Gasteiger partial charge in [0.2, 0.25) is 0 Å². The average Bonchev–Trinajstić information content (AvgIpc) is 2.43. The number of unbranched alkanes of at least 4 members (excludes halogenated alkanes) is 1. The molecular weight excluding hydrogens is 254 g/mol. The van der Waals surface area contributed by atoms with Gasteiger partial charge in [0.05, 0.1) is 19.8 Å². The molecule has 4 heteroatoms. The lowest BCUT2D eigenvalue weighted by Gasteiger charge is -2.03. The van der Waals surface area contributed by atoms with Gasteiger partial charge in [-0.25, -0.2) is 0 Å². The van der Waals surface area contributed by atoms with Crippen LogP contribution >= 0.6 is 0 Å². The van der Waals surface area contributed by atoms with Crippen LogP contribution in [0.25, 0.3) is 0 Å². The Morgan fingerprint density at radius 3 is 2.20 bits per heavy atom. The molecule has 0 bridgehead atoms. The maximum absolute atomic E-state index is 9.87. The molecule has 0 aromatic carbocycles. The zero-order chi connectivity index (χ0) is 15.5. The third kappa shape index (κ3) is 26.2. The molecule has 20 heavy (non-hydrogen) atoms. The number of ether oxygens (including phenoxy) is 2. The van der Waals surface area contributed by atoms with Crippen LogP contribution in [0, 0.1) is 5.92 Å². The minimum absolute atomic E-state index is 0.481. The van der Waals surface area contributed by atoms with Crippen molar-refractivity contribution in [2.24, 2.45) is 5.92 Å². The van der Waals surface area contributed by atoms with E-state index in [0.717, 1.165) is 38.2 Å². The summed E-state index contributed by atoms with van der Waals surface area (Å²) in [6, 6.07) is 0. The second-order valence-corrected chi connectivity index (χ2v) is 5.17. The third-order valence-corrected chi connectivity index (χ3v) is 2.60. The summed E-state index contributed by atoms with van der Waals surface area (Å²) in [6.07, 6.45) is 6.27. The van der Waals surface area contributed by atoms with Gasteiger partial charge < -0.3 is 19.6 Å². The number of carbonyl (C=O) groups excluding carboxylic acids is 1. The highest BCUT2D eigenvalue weighted by molar-refractivity contribution is 5.49. The lowest BCUT2D eigenvalue weighted by Crippen LogP contribution is -2.08. The van der Waals surface area contributed by atoms with E-state index in [-0.39, 0.29) is 0 Å². The lowest BCUT2D eigenvalue weighted by molar-refractivity contribution is -0.108. The van der Waals surface area contributed by atoms with Crippen LogP contribution in [0.1, 0.15) is 52.9 Å². The predicted molar refractivity (Wildman–Crippen MR) is 85.2 cm³/mol. The minimum Gasteiger partial charge on any atom is -0.379 e. The van der Waals surface area contributed by atoms with Gasteiger partial charge in [0, 0.05) is 13.0 Å². The summed E-state index contributed by atoms with van der Waals surface area (Å²) in [5.74, 6) is 0.864. The van der Waals surface area contributed by atoms with Gasteiger partial charge in [-0.3, -0.25) is 0 Å². The Hall–Kier alpha value is -0.450. The van der Waals surface area contributed by atoms with Crippen molar-refractivity contribution in [3.05, 3.63) is 0 Å². The van der Waals surface area contributed by atoms with E-state index in [9.17, 15) is 4.79 Å². The molecule has 122 valence electrons. The first kappa shape index (κ1) is 21.8.